The highest BCUT2D eigenvalue weighted by Crippen LogP contribution is 2.27. The molecule has 1 amide bonds. The minimum absolute atomic E-state index is 0.0583. The Morgan fingerprint density at radius 1 is 1.27 bits per heavy atom. The van der Waals surface area contributed by atoms with Gasteiger partial charge in [0.2, 0.25) is 0 Å². The minimum Gasteiger partial charge on any atom is -0.483 e. The first-order valence-corrected chi connectivity index (χ1v) is 8.05. The van der Waals surface area contributed by atoms with Crippen LogP contribution >= 0.6 is 0 Å². The van der Waals surface area contributed by atoms with Gasteiger partial charge in [-0.25, -0.2) is 5.01 Å². The number of aromatic nitrogens is 1. The normalized spacial score (nSPS) is 19.5. The maximum atomic E-state index is 12.0. The monoisotopic (exact) mass is 304 g/mol. The van der Waals surface area contributed by atoms with Gasteiger partial charge in [-0.1, -0.05) is 0 Å². The van der Waals surface area contributed by atoms with Gasteiger partial charge in [0.15, 0.2) is 6.61 Å². The lowest BCUT2D eigenvalue weighted by Gasteiger charge is -2.32. The third-order valence-corrected chi connectivity index (χ3v) is 4.34. The van der Waals surface area contributed by atoms with Crippen molar-refractivity contribution in [3.63, 3.8) is 0 Å². The predicted molar refractivity (Wildman–Crippen MR) is 83.6 cm³/mol. The highest BCUT2D eigenvalue weighted by atomic mass is 16.5. The number of hydrogen-bond donors (Lipinski definition) is 1. The van der Waals surface area contributed by atoms with E-state index in [0.717, 1.165) is 50.5 Å². The van der Waals surface area contributed by atoms with E-state index in [1.807, 2.05) is 11.1 Å². The third-order valence-electron chi connectivity index (χ3n) is 4.34. The number of carbonyl (C=O) groups is 1. The summed E-state index contributed by atoms with van der Waals surface area (Å²) in [5, 5.41) is 1.97. The Morgan fingerprint density at radius 3 is 2.86 bits per heavy atom. The summed E-state index contributed by atoms with van der Waals surface area (Å²) in [4.78, 5) is 18.7. The quantitative estimate of drug-likeness (QED) is 0.883. The first-order valence-electron chi connectivity index (χ1n) is 8.05. The standard InChI is InChI=1S/C16H24N4O2/c1-19-8-10-20(11-9-19)18-16(21)12-22-15-6-7-17-14-5-3-2-4-13(14)15/h6-7H,2-5,8-12H2,1H3,(H,18,21). The molecule has 0 radical (unpaired) electrons. The highest BCUT2D eigenvalue weighted by Gasteiger charge is 2.18. The van der Waals surface area contributed by atoms with Crippen LogP contribution in [0.5, 0.6) is 5.75 Å². The van der Waals surface area contributed by atoms with E-state index < -0.39 is 0 Å². The van der Waals surface area contributed by atoms with Gasteiger partial charge >= 0.3 is 0 Å². The van der Waals surface area contributed by atoms with Crippen molar-refractivity contribution in [3.05, 3.63) is 23.5 Å². The van der Waals surface area contributed by atoms with Crippen LogP contribution in [0.25, 0.3) is 0 Å². The fourth-order valence-corrected chi connectivity index (χ4v) is 3.00. The van der Waals surface area contributed by atoms with Gasteiger partial charge < -0.3 is 9.64 Å². The Balaban J connectivity index is 1.51. The number of likely N-dealkylation sites (N-methyl/N-ethyl adjacent to an activating group) is 1. The topological polar surface area (TPSA) is 57.7 Å². The summed E-state index contributed by atoms with van der Waals surface area (Å²) >= 11 is 0. The first kappa shape index (κ1) is 15.2. The number of piperazine rings is 1. The van der Waals surface area contributed by atoms with E-state index in [1.165, 1.54) is 18.4 Å². The fourth-order valence-electron chi connectivity index (χ4n) is 3.00. The Morgan fingerprint density at radius 2 is 2.05 bits per heavy atom. The number of hydrazine groups is 1. The molecule has 1 N–H and O–H groups in total. The molecule has 3 rings (SSSR count). The number of carbonyl (C=O) groups excluding carboxylic acids is 1. The molecule has 2 heterocycles. The SMILES string of the molecule is CN1CCN(NC(=O)COc2ccnc3c2CCCC3)CC1. The van der Waals surface area contributed by atoms with Crippen LogP contribution in [0.2, 0.25) is 0 Å². The van der Waals surface area contributed by atoms with Gasteiger partial charge in [-0.2, -0.15) is 0 Å². The lowest BCUT2D eigenvalue weighted by molar-refractivity contribution is -0.128. The molecule has 1 aromatic rings. The second-order valence-electron chi connectivity index (χ2n) is 6.06. The fraction of sp³-hybridized carbons (Fsp3) is 0.625. The highest BCUT2D eigenvalue weighted by molar-refractivity contribution is 5.77. The molecule has 0 bridgehead atoms. The summed E-state index contributed by atoms with van der Waals surface area (Å²) in [7, 11) is 2.09. The van der Waals surface area contributed by atoms with Crippen LogP contribution in [0.1, 0.15) is 24.1 Å². The number of nitrogens with one attached hydrogen (secondary N) is 1. The smallest absolute Gasteiger partial charge is 0.272 e. The molecule has 1 aliphatic heterocycles. The molecule has 0 saturated carbocycles. The van der Waals surface area contributed by atoms with Crippen molar-refractivity contribution in [2.45, 2.75) is 25.7 Å². The average molecular weight is 304 g/mol. The molecule has 6 nitrogen and oxygen atoms in total. The molecule has 0 spiro atoms. The van der Waals surface area contributed by atoms with Crippen LogP contribution in [0.15, 0.2) is 12.3 Å². The van der Waals surface area contributed by atoms with E-state index in [9.17, 15) is 4.79 Å². The van der Waals surface area contributed by atoms with Crippen molar-refractivity contribution in [1.82, 2.24) is 20.3 Å². The van der Waals surface area contributed by atoms with Crippen LogP contribution in [0.4, 0.5) is 0 Å². The average Bonchev–Trinajstić information content (AvgIpc) is 2.55. The molecule has 0 aromatic carbocycles. The van der Waals surface area contributed by atoms with Crippen molar-refractivity contribution in [3.8, 4) is 5.75 Å². The summed E-state index contributed by atoms with van der Waals surface area (Å²) in [5.74, 6) is 0.726. The second-order valence-corrected chi connectivity index (χ2v) is 6.06. The molecular weight excluding hydrogens is 280 g/mol. The van der Waals surface area contributed by atoms with Gasteiger partial charge in [-0.15, -0.1) is 0 Å². The molecule has 1 aliphatic carbocycles. The number of fused-ring (bicyclic) bond motifs is 1. The summed E-state index contributed by atoms with van der Waals surface area (Å²) in [6, 6.07) is 1.87. The van der Waals surface area contributed by atoms with Gasteiger partial charge in [-0.3, -0.25) is 15.2 Å². The van der Waals surface area contributed by atoms with Crippen molar-refractivity contribution < 1.29 is 9.53 Å². The summed E-state index contributed by atoms with van der Waals surface area (Å²) in [6.45, 7) is 3.71. The van der Waals surface area contributed by atoms with Crippen LogP contribution in [0, 0.1) is 0 Å². The Kier molecular flexibility index (Phi) is 4.90. The Hall–Kier alpha value is -1.66. The molecule has 0 unspecified atom stereocenters. The number of rotatable bonds is 4. The molecule has 1 saturated heterocycles. The lowest BCUT2D eigenvalue weighted by atomic mass is 9.95. The molecule has 6 heteroatoms. The van der Waals surface area contributed by atoms with E-state index in [2.05, 4.69) is 22.4 Å². The Bertz CT molecular complexity index is 527. The second kappa shape index (κ2) is 7.07. The van der Waals surface area contributed by atoms with E-state index in [1.54, 1.807) is 6.20 Å². The van der Waals surface area contributed by atoms with Crippen molar-refractivity contribution in [2.24, 2.45) is 0 Å². The molecule has 2 aliphatic rings. The van der Waals surface area contributed by atoms with E-state index >= 15 is 0 Å². The lowest BCUT2D eigenvalue weighted by Crippen LogP contribution is -2.53. The summed E-state index contributed by atoms with van der Waals surface area (Å²) in [5.41, 5.74) is 5.23. The van der Waals surface area contributed by atoms with Gasteiger partial charge in [0.25, 0.3) is 5.91 Å². The van der Waals surface area contributed by atoms with Crippen LogP contribution in [-0.2, 0) is 17.6 Å². The largest absolute Gasteiger partial charge is 0.483 e. The van der Waals surface area contributed by atoms with Crippen molar-refractivity contribution in [1.29, 1.82) is 0 Å². The van der Waals surface area contributed by atoms with Crippen molar-refractivity contribution in [2.75, 3.05) is 39.8 Å². The summed E-state index contributed by atoms with van der Waals surface area (Å²) in [6.07, 6.45) is 6.15. The Labute approximate surface area is 131 Å². The maximum absolute atomic E-state index is 12.0. The molecular formula is C16H24N4O2. The number of nitrogens with zero attached hydrogens (tertiary/aromatic N) is 3. The zero-order valence-corrected chi connectivity index (χ0v) is 13.2. The molecule has 1 aromatic heterocycles. The van der Waals surface area contributed by atoms with Crippen LogP contribution in [-0.4, -0.2) is 60.6 Å². The van der Waals surface area contributed by atoms with Crippen LogP contribution < -0.4 is 10.2 Å². The van der Waals surface area contributed by atoms with Gasteiger partial charge in [-0.05, 0) is 38.8 Å². The van der Waals surface area contributed by atoms with E-state index in [0.29, 0.717) is 0 Å². The van der Waals surface area contributed by atoms with Gasteiger partial charge in [0, 0.05) is 43.6 Å². The van der Waals surface area contributed by atoms with Gasteiger partial charge in [0.05, 0.1) is 0 Å². The molecule has 22 heavy (non-hydrogen) atoms. The molecule has 0 atom stereocenters. The maximum Gasteiger partial charge on any atom is 0.272 e. The minimum atomic E-state index is -0.0917. The van der Waals surface area contributed by atoms with E-state index in [4.69, 9.17) is 4.74 Å². The number of ether oxygens (including phenoxy) is 1. The number of pyridine rings is 1. The molecule has 120 valence electrons. The number of aryl methyl sites for hydroxylation is 1. The zero-order chi connectivity index (χ0) is 15.4. The molecule has 1 fully saturated rings. The zero-order valence-electron chi connectivity index (χ0n) is 13.2. The van der Waals surface area contributed by atoms with Crippen LogP contribution in [0.3, 0.4) is 0 Å². The van der Waals surface area contributed by atoms with Crippen molar-refractivity contribution >= 4 is 5.91 Å². The summed E-state index contributed by atoms with van der Waals surface area (Å²) < 4.78 is 5.74. The number of amides is 1. The number of hydrogen-bond acceptors (Lipinski definition) is 5. The third kappa shape index (κ3) is 3.75. The van der Waals surface area contributed by atoms with Gasteiger partial charge in [0.1, 0.15) is 5.75 Å². The first-order chi connectivity index (χ1) is 10.7. The van der Waals surface area contributed by atoms with E-state index in [-0.39, 0.29) is 12.5 Å². The predicted octanol–water partition coefficient (Wildman–Crippen LogP) is 0.618.